The number of rotatable bonds is 9. The van der Waals surface area contributed by atoms with E-state index in [1.165, 1.54) is 0 Å². The summed E-state index contributed by atoms with van der Waals surface area (Å²) in [4.78, 5) is 5.38. The maximum absolute atomic E-state index is 9.14. The van der Waals surface area contributed by atoms with Gasteiger partial charge in [0.1, 0.15) is 13.2 Å². The van der Waals surface area contributed by atoms with Crippen LogP contribution in [-0.4, -0.2) is 12.8 Å². The molecule has 0 bridgehead atoms. The van der Waals surface area contributed by atoms with Gasteiger partial charge in [0.05, 0.1) is 24.5 Å². The molecule has 0 aliphatic rings. The number of nitrogens with zero attached hydrogens (tertiary/aromatic N) is 2. The second-order valence-corrected chi connectivity index (χ2v) is 7.74. The van der Waals surface area contributed by atoms with Crippen LogP contribution in [-0.2, 0) is 18.1 Å². The number of oxime groups is 1. The smallest absolute Gasteiger partial charge is 0.162 e. The van der Waals surface area contributed by atoms with Gasteiger partial charge in [-0.2, -0.15) is 5.26 Å². The maximum Gasteiger partial charge on any atom is 0.162 e. The lowest BCUT2D eigenvalue weighted by Crippen LogP contribution is -2.01. The van der Waals surface area contributed by atoms with Crippen LogP contribution in [0, 0.1) is 11.3 Å². The molecule has 0 unspecified atom stereocenters. The van der Waals surface area contributed by atoms with Gasteiger partial charge in [-0.1, -0.05) is 47.1 Å². The third-order valence-electron chi connectivity index (χ3n) is 4.29. The Labute approximate surface area is 194 Å². The Morgan fingerprint density at radius 1 is 1.03 bits per heavy atom. The summed E-state index contributed by atoms with van der Waals surface area (Å²) in [6.07, 6.45) is 1.59. The van der Waals surface area contributed by atoms with E-state index in [-0.39, 0.29) is 6.61 Å². The first-order valence-electron chi connectivity index (χ1n) is 9.57. The molecule has 0 spiro atoms. The first-order chi connectivity index (χ1) is 15.1. The zero-order valence-electron chi connectivity index (χ0n) is 16.8. The van der Waals surface area contributed by atoms with E-state index in [9.17, 15) is 0 Å². The molecular weight excluding hydrogens is 480 g/mol. The molecule has 3 rings (SSSR count). The Morgan fingerprint density at radius 3 is 2.52 bits per heavy atom. The molecule has 0 aliphatic heterocycles. The average Bonchev–Trinajstić information content (AvgIpc) is 2.78. The van der Waals surface area contributed by atoms with Gasteiger partial charge in [0.25, 0.3) is 0 Å². The SMILES string of the molecule is CCOc1cc(/C=N\OCc2ccccc2C#N)c(Br)cc1OCc1ccc(Cl)cc1. The fourth-order valence-electron chi connectivity index (χ4n) is 2.73. The zero-order chi connectivity index (χ0) is 22.1. The normalized spacial score (nSPS) is 10.6. The summed E-state index contributed by atoms with van der Waals surface area (Å²) in [6.45, 7) is 3.00. The van der Waals surface area contributed by atoms with Crippen LogP contribution in [0.3, 0.4) is 0 Å². The van der Waals surface area contributed by atoms with E-state index >= 15 is 0 Å². The quantitative estimate of drug-likeness (QED) is 0.249. The highest BCUT2D eigenvalue weighted by atomic mass is 79.9. The highest BCUT2D eigenvalue weighted by molar-refractivity contribution is 9.10. The fraction of sp³-hybridized carbons (Fsp3) is 0.167. The maximum atomic E-state index is 9.14. The molecule has 0 atom stereocenters. The lowest BCUT2D eigenvalue weighted by atomic mass is 10.1. The van der Waals surface area contributed by atoms with Crippen LogP contribution in [0.1, 0.15) is 29.2 Å². The summed E-state index contributed by atoms with van der Waals surface area (Å²) < 4.78 is 12.5. The predicted octanol–water partition coefficient (Wildman–Crippen LogP) is 6.50. The Balaban J connectivity index is 1.69. The minimum absolute atomic E-state index is 0.207. The van der Waals surface area contributed by atoms with E-state index < -0.39 is 0 Å². The molecular formula is C24H20BrClN2O3. The average molecular weight is 500 g/mol. The van der Waals surface area contributed by atoms with Crippen molar-refractivity contribution in [2.24, 2.45) is 5.16 Å². The van der Waals surface area contributed by atoms with Crippen molar-refractivity contribution in [3.63, 3.8) is 0 Å². The minimum Gasteiger partial charge on any atom is -0.490 e. The summed E-state index contributed by atoms with van der Waals surface area (Å²) in [6, 6.07) is 20.6. The van der Waals surface area contributed by atoms with Gasteiger partial charge in [-0.15, -0.1) is 0 Å². The molecule has 0 aliphatic carbocycles. The number of ether oxygens (including phenoxy) is 2. The first-order valence-corrected chi connectivity index (χ1v) is 10.7. The third-order valence-corrected chi connectivity index (χ3v) is 5.23. The molecule has 31 heavy (non-hydrogen) atoms. The summed E-state index contributed by atoms with van der Waals surface area (Å²) >= 11 is 9.48. The summed E-state index contributed by atoms with van der Waals surface area (Å²) in [5, 5.41) is 13.9. The number of benzene rings is 3. The molecule has 0 radical (unpaired) electrons. The van der Waals surface area contributed by atoms with Crippen LogP contribution < -0.4 is 9.47 Å². The monoisotopic (exact) mass is 498 g/mol. The van der Waals surface area contributed by atoms with Gasteiger partial charge in [0, 0.05) is 20.6 Å². The van der Waals surface area contributed by atoms with Crippen LogP contribution in [0.5, 0.6) is 11.5 Å². The van der Waals surface area contributed by atoms with Gasteiger partial charge in [-0.25, -0.2) is 0 Å². The van der Waals surface area contributed by atoms with Crippen molar-refractivity contribution < 1.29 is 14.3 Å². The molecule has 0 saturated carbocycles. The van der Waals surface area contributed by atoms with Crippen LogP contribution in [0.4, 0.5) is 0 Å². The third kappa shape index (κ3) is 6.48. The summed E-state index contributed by atoms with van der Waals surface area (Å²) in [5.74, 6) is 1.22. The van der Waals surface area contributed by atoms with Crippen molar-refractivity contribution in [2.75, 3.05) is 6.61 Å². The molecule has 0 saturated heterocycles. The van der Waals surface area contributed by atoms with E-state index in [4.69, 9.17) is 31.2 Å². The van der Waals surface area contributed by atoms with Crippen molar-refractivity contribution in [1.82, 2.24) is 0 Å². The lowest BCUT2D eigenvalue weighted by Gasteiger charge is -2.14. The number of hydrogen-bond acceptors (Lipinski definition) is 5. The van der Waals surface area contributed by atoms with Crippen molar-refractivity contribution in [3.8, 4) is 17.6 Å². The van der Waals surface area contributed by atoms with E-state index in [0.29, 0.717) is 35.3 Å². The van der Waals surface area contributed by atoms with Gasteiger partial charge in [0.15, 0.2) is 11.5 Å². The van der Waals surface area contributed by atoms with E-state index in [0.717, 1.165) is 21.2 Å². The number of halogens is 2. The molecule has 0 heterocycles. The van der Waals surface area contributed by atoms with Gasteiger partial charge in [-0.3, -0.25) is 0 Å². The molecule has 3 aromatic carbocycles. The second-order valence-electron chi connectivity index (χ2n) is 6.45. The molecule has 0 N–H and O–H groups in total. The predicted molar refractivity (Wildman–Crippen MR) is 125 cm³/mol. The lowest BCUT2D eigenvalue weighted by molar-refractivity contribution is 0.132. The molecule has 0 amide bonds. The van der Waals surface area contributed by atoms with Crippen molar-refractivity contribution in [3.05, 3.63) is 92.4 Å². The molecule has 0 fully saturated rings. The number of nitriles is 1. The van der Waals surface area contributed by atoms with Crippen molar-refractivity contribution in [2.45, 2.75) is 20.1 Å². The largest absolute Gasteiger partial charge is 0.490 e. The Kier molecular flexibility index (Phi) is 8.34. The van der Waals surface area contributed by atoms with Crippen LogP contribution in [0.25, 0.3) is 0 Å². The van der Waals surface area contributed by atoms with Crippen molar-refractivity contribution >= 4 is 33.7 Å². The van der Waals surface area contributed by atoms with Crippen LogP contribution in [0.2, 0.25) is 5.02 Å². The molecule has 158 valence electrons. The Hall–Kier alpha value is -3.01. The minimum atomic E-state index is 0.207. The van der Waals surface area contributed by atoms with E-state index in [1.54, 1.807) is 12.3 Å². The van der Waals surface area contributed by atoms with Gasteiger partial charge >= 0.3 is 0 Å². The second kappa shape index (κ2) is 11.4. The number of hydrogen-bond donors (Lipinski definition) is 0. The Morgan fingerprint density at radius 2 is 1.77 bits per heavy atom. The highest BCUT2D eigenvalue weighted by Crippen LogP contribution is 2.34. The topological polar surface area (TPSA) is 63.8 Å². The standard InChI is InChI=1S/C24H20BrClN2O3/c1-2-29-23-11-20(14-28-31-16-19-6-4-3-5-18(19)13-27)22(25)12-24(23)30-15-17-7-9-21(26)10-8-17/h3-12,14H,2,15-16H2,1H3/b28-14-. The summed E-state index contributed by atoms with van der Waals surface area (Å²) in [5.41, 5.74) is 3.12. The Bertz CT molecular complexity index is 1090. The molecule has 5 nitrogen and oxygen atoms in total. The van der Waals surface area contributed by atoms with Crippen molar-refractivity contribution in [1.29, 1.82) is 5.26 Å². The van der Waals surface area contributed by atoms with E-state index in [1.807, 2.05) is 61.5 Å². The van der Waals surface area contributed by atoms with E-state index in [2.05, 4.69) is 27.2 Å². The fourth-order valence-corrected chi connectivity index (χ4v) is 3.28. The first kappa shape index (κ1) is 22.7. The van der Waals surface area contributed by atoms with Crippen LogP contribution >= 0.6 is 27.5 Å². The van der Waals surface area contributed by atoms with Gasteiger partial charge in [-0.05, 0) is 58.7 Å². The molecule has 0 aromatic heterocycles. The highest BCUT2D eigenvalue weighted by Gasteiger charge is 2.11. The molecule has 3 aromatic rings. The van der Waals surface area contributed by atoms with Gasteiger partial charge in [0.2, 0.25) is 0 Å². The summed E-state index contributed by atoms with van der Waals surface area (Å²) in [7, 11) is 0. The zero-order valence-corrected chi connectivity index (χ0v) is 19.2. The molecule has 7 heteroatoms. The van der Waals surface area contributed by atoms with Crippen LogP contribution in [0.15, 0.2) is 70.3 Å². The van der Waals surface area contributed by atoms with Gasteiger partial charge < -0.3 is 14.3 Å².